The molecule has 1 fully saturated rings. The predicted molar refractivity (Wildman–Crippen MR) is 158 cm³/mol. The van der Waals surface area contributed by atoms with Crippen molar-refractivity contribution in [3.63, 3.8) is 0 Å². The molecule has 0 N–H and O–H groups in total. The lowest BCUT2D eigenvalue weighted by molar-refractivity contribution is 0.0589. The minimum atomic E-state index is -3.37. The van der Waals surface area contributed by atoms with Gasteiger partial charge in [0.2, 0.25) is 0 Å². The average Bonchev–Trinajstić information content (AvgIpc) is 2.83. The third-order valence-electron chi connectivity index (χ3n) is 6.56. The summed E-state index contributed by atoms with van der Waals surface area (Å²) < 4.78 is 31.7. The van der Waals surface area contributed by atoms with E-state index in [1.807, 2.05) is 48.5 Å². The number of amides is 1. The normalized spacial score (nSPS) is 14.7. The van der Waals surface area contributed by atoms with E-state index in [1.54, 1.807) is 52.1 Å². The Morgan fingerprint density at radius 2 is 1.51 bits per heavy atom. The van der Waals surface area contributed by atoms with Crippen molar-refractivity contribution >= 4 is 44.8 Å². The van der Waals surface area contributed by atoms with Crippen LogP contribution in [0, 0.1) is 5.92 Å². The second kappa shape index (κ2) is 11.9. The van der Waals surface area contributed by atoms with Crippen LogP contribution in [0.1, 0.15) is 43.5 Å². The Kier molecular flexibility index (Phi) is 8.96. The van der Waals surface area contributed by atoms with E-state index >= 15 is 0 Å². The maximum atomic E-state index is 13.1. The molecule has 0 radical (unpaired) electrons. The first kappa shape index (κ1) is 29.4. The van der Waals surface area contributed by atoms with E-state index in [9.17, 15) is 13.2 Å². The molecule has 208 valence electrons. The first-order valence-electron chi connectivity index (χ1n) is 12.8. The van der Waals surface area contributed by atoms with Crippen LogP contribution in [0.15, 0.2) is 72.8 Å². The SMILES string of the molecule is CN(C(=O)OC(C)(C)C)c1cccc(CS(=O)(=O)CC2CN(C(c3ccc(Cl)cc3)c3ccc(Cl)cc3)C2)c1. The summed E-state index contributed by atoms with van der Waals surface area (Å²) in [6.07, 6.45) is -0.493. The molecule has 39 heavy (non-hydrogen) atoms. The van der Waals surface area contributed by atoms with Crippen LogP contribution in [0.5, 0.6) is 0 Å². The zero-order valence-corrected chi connectivity index (χ0v) is 24.9. The highest BCUT2D eigenvalue weighted by Gasteiger charge is 2.36. The van der Waals surface area contributed by atoms with Crippen LogP contribution >= 0.6 is 23.2 Å². The standard InChI is InChI=1S/C30H34Cl2N2O4S/c1-30(2,3)38-29(35)33(4)27-7-5-6-21(16-27)19-39(36,37)20-22-17-34(18-22)28(23-8-12-25(31)13-9-23)24-10-14-26(32)15-11-24/h5-16,22,28H,17-20H2,1-4H3. The first-order chi connectivity index (χ1) is 18.3. The lowest BCUT2D eigenvalue weighted by atomic mass is 9.91. The summed E-state index contributed by atoms with van der Waals surface area (Å²) >= 11 is 12.2. The molecule has 1 saturated heterocycles. The quantitative estimate of drug-likeness (QED) is 0.283. The molecule has 9 heteroatoms. The number of carbonyl (C=O) groups excluding carboxylic acids is 1. The van der Waals surface area contributed by atoms with Gasteiger partial charge in [0.05, 0.1) is 17.5 Å². The molecule has 0 aliphatic carbocycles. The molecule has 3 aromatic rings. The maximum Gasteiger partial charge on any atom is 0.414 e. The van der Waals surface area contributed by atoms with Crippen LogP contribution in [0.2, 0.25) is 10.0 Å². The Balaban J connectivity index is 1.41. The van der Waals surface area contributed by atoms with Crippen LogP contribution in [0.4, 0.5) is 10.5 Å². The first-order valence-corrected chi connectivity index (χ1v) is 15.4. The summed E-state index contributed by atoms with van der Waals surface area (Å²) in [7, 11) is -1.76. The van der Waals surface area contributed by atoms with Gasteiger partial charge in [-0.25, -0.2) is 13.2 Å². The molecule has 0 spiro atoms. The van der Waals surface area contributed by atoms with E-state index in [4.69, 9.17) is 27.9 Å². The summed E-state index contributed by atoms with van der Waals surface area (Å²) in [6, 6.07) is 22.5. The predicted octanol–water partition coefficient (Wildman–Crippen LogP) is 7.00. The van der Waals surface area contributed by atoms with Gasteiger partial charge in [-0.1, -0.05) is 59.6 Å². The highest BCUT2D eigenvalue weighted by atomic mass is 35.5. The van der Waals surface area contributed by atoms with Gasteiger partial charge in [-0.15, -0.1) is 0 Å². The van der Waals surface area contributed by atoms with Gasteiger partial charge in [0.15, 0.2) is 9.84 Å². The Labute approximate surface area is 241 Å². The number of rotatable bonds is 8. The largest absolute Gasteiger partial charge is 0.443 e. The summed E-state index contributed by atoms with van der Waals surface area (Å²) in [5.74, 6) is 0.0469. The molecular formula is C30H34Cl2N2O4S. The van der Waals surface area contributed by atoms with Gasteiger partial charge >= 0.3 is 6.09 Å². The molecule has 0 atom stereocenters. The zero-order valence-electron chi connectivity index (χ0n) is 22.6. The van der Waals surface area contributed by atoms with Crippen LogP contribution in [-0.4, -0.2) is 50.9 Å². The third-order valence-corrected chi connectivity index (χ3v) is 8.82. The Morgan fingerprint density at radius 3 is 2.03 bits per heavy atom. The summed E-state index contributed by atoms with van der Waals surface area (Å²) in [6.45, 7) is 6.73. The number of carbonyl (C=O) groups is 1. The minimum Gasteiger partial charge on any atom is -0.443 e. The van der Waals surface area contributed by atoms with Gasteiger partial charge in [-0.05, 0) is 79.8 Å². The zero-order chi connectivity index (χ0) is 28.4. The van der Waals surface area contributed by atoms with E-state index in [2.05, 4.69) is 4.90 Å². The molecule has 3 aromatic carbocycles. The van der Waals surface area contributed by atoms with Crippen molar-refractivity contribution in [1.29, 1.82) is 0 Å². The van der Waals surface area contributed by atoms with Crippen molar-refractivity contribution < 1.29 is 17.9 Å². The van der Waals surface area contributed by atoms with Crippen LogP contribution < -0.4 is 4.90 Å². The molecule has 1 heterocycles. The van der Waals surface area contributed by atoms with E-state index in [0.717, 1.165) is 11.1 Å². The van der Waals surface area contributed by atoms with E-state index < -0.39 is 21.5 Å². The third kappa shape index (κ3) is 7.98. The maximum absolute atomic E-state index is 13.1. The number of hydrogen-bond donors (Lipinski definition) is 0. The van der Waals surface area contributed by atoms with Crippen LogP contribution in [0.25, 0.3) is 0 Å². The fourth-order valence-corrected chi connectivity index (χ4v) is 6.78. The summed E-state index contributed by atoms with van der Waals surface area (Å²) in [4.78, 5) is 16.1. The molecule has 0 unspecified atom stereocenters. The van der Waals surface area contributed by atoms with Gasteiger partial charge in [0.1, 0.15) is 5.60 Å². The highest BCUT2D eigenvalue weighted by molar-refractivity contribution is 7.90. The number of sulfone groups is 1. The molecule has 1 amide bonds. The lowest BCUT2D eigenvalue weighted by Crippen LogP contribution is -2.51. The van der Waals surface area contributed by atoms with E-state index in [-0.39, 0.29) is 23.5 Å². The second-order valence-electron chi connectivity index (χ2n) is 11.1. The molecule has 4 rings (SSSR count). The fraction of sp³-hybridized carbons (Fsp3) is 0.367. The van der Waals surface area contributed by atoms with Gasteiger partial charge in [-0.2, -0.15) is 0 Å². The number of hydrogen-bond acceptors (Lipinski definition) is 5. The van der Waals surface area contributed by atoms with Gasteiger partial charge < -0.3 is 4.74 Å². The summed E-state index contributed by atoms with van der Waals surface area (Å²) in [5.41, 5.74) is 2.78. The Hall–Kier alpha value is -2.58. The summed E-state index contributed by atoms with van der Waals surface area (Å²) in [5, 5.41) is 1.34. The van der Waals surface area contributed by atoms with Gasteiger partial charge in [0, 0.05) is 35.9 Å². The Bertz CT molecular complexity index is 1350. The van der Waals surface area contributed by atoms with Crippen molar-refractivity contribution in [2.45, 2.75) is 38.2 Å². The molecule has 6 nitrogen and oxygen atoms in total. The number of ether oxygens (including phenoxy) is 1. The molecule has 1 aliphatic rings. The average molecular weight is 590 g/mol. The molecule has 1 aliphatic heterocycles. The number of likely N-dealkylation sites (tertiary alicyclic amines) is 1. The number of halogens is 2. The molecular weight excluding hydrogens is 555 g/mol. The molecule has 0 aromatic heterocycles. The van der Waals surface area contributed by atoms with E-state index in [0.29, 0.717) is 34.4 Å². The van der Waals surface area contributed by atoms with Crippen molar-refractivity contribution in [2.75, 3.05) is 30.8 Å². The second-order valence-corrected chi connectivity index (χ2v) is 14.1. The molecule has 0 bridgehead atoms. The van der Waals surface area contributed by atoms with Crippen molar-refractivity contribution in [1.82, 2.24) is 4.90 Å². The van der Waals surface area contributed by atoms with Crippen LogP contribution in [0.3, 0.4) is 0 Å². The highest BCUT2D eigenvalue weighted by Crippen LogP contribution is 2.36. The number of anilines is 1. The van der Waals surface area contributed by atoms with Gasteiger partial charge in [-0.3, -0.25) is 9.80 Å². The number of nitrogens with zero attached hydrogens (tertiary/aromatic N) is 2. The monoisotopic (exact) mass is 588 g/mol. The minimum absolute atomic E-state index is 0.0152. The van der Waals surface area contributed by atoms with Crippen molar-refractivity contribution in [3.05, 3.63) is 99.5 Å². The molecule has 0 saturated carbocycles. The lowest BCUT2D eigenvalue weighted by Gasteiger charge is -2.44. The van der Waals surface area contributed by atoms with Crippen LogP contribution in [-0.2, 0) is 20.3 Å². The van der Waals surface area contributed by atoms with Crippen molar-refractivity contribution in [3.8, 4) is 0 Å². The Morgan fingerprint density at radius 1 is 0.974 bits per heavy atom. The fourth-order valence-electron chi connectivity index (χ4n) is 4.79. The van der Waals surface area contributed by atoms with Gasteiger partial charge in [0.25, 0.3) is 0 Å². The topological polar surface area (TPSA) is 66.9 Å². The number of benzene rings is 3. The van der Waals surface area contributed by atoms with E-state index in [1.165, 1.54) is 4.90 Å². The van der Waals surface area contributed by atoms with Crippen molar-refractivity contribution in [2.24, 2.45) is 5.92 Å². The smallest absolute Gasteiger partial charge is 0.414 e.